The lowest BCUT2D eigenvalue weighted by atomic mass is 10.1. The summed E-state index contributed by atoms with van der Waals surface area (Å²) in [5, 5.41) is 2.69. The maximum atomic E-state index is 12.9. The molecule has 0 radical (unpaired) electrons. The molecule has 0 spiro atoms. The SMILES string of the molecule is Cc1ccc(NC(=O)[C@H](C)OC(=O)c2cc(S(=O)(=O)N3CCOCC3)ccc2C)cc1. The van der Waals surface area contributed by atoms with Gasteiger partial charge < -0.3 is 14.8 Å². The second-order valence-electron chi connectivity index (χ2n) is 7.40. The van der Waals surface area contributed by atoms with Crippen molar-refractivity contribution in [1.82, 2.24) is 4.31 Å². The van der Waals surface area contributed by atoms with Gasteiger partial charge in [0.1, 0.15) is 0 Å². The number of morpholine rings is 1. The van der Waals surface area contributed by atoms with Gasteiger partial charge in [0.25, 0.3) is 5.91 Å². The molecule has 1 atom stereocenters. The van der Waals surface area contributed by atoms with Crippen LogP contribution in [0.15, 0.2) is 47.4 Å². The molecule has 1 aliphatic heterocycles. The lowest BCUT2D eigenvalue weighted by Gasteiger charge is -2.26. The van der Waals surface area contributed by atoms with Crippen molar-refractivity contribution in [3.8, 4) is 0 Å². The number of carbonyl (C=O) groups excluding carboxylic acids is 2. The first-order valence-corrected chi connectivity index (χ1v) is 11.4. The molecule has 0 saturated carbocycles. The van der Waals surface area contributed by atoms with E-state index in [-0.39, 0.29) is 23.5 Å². The third-order valence-electron chi connectivity index (χ3n) is 5.01. The van der Waals surface area contributed by atoms with Crippen molar-refractivity contribution in [3.05, 3.63) is 59.2 Å². The van der Waals surface area contributed by atoms with E-state index in [0.717, 1.165) is 5.56 Å². The molecule has 1 amide bonds. The normalized spacial score (nSPS) is 15.8. The van der Waals surface area contributed by atoms with E-state index in [1.54, 1.807) is 25.1 Å². The maximum Gasteiger partial charge on any atom is 0.339 e. The average Bonchev–Trinajstić information content (AvgIpc) is 2.76. The van der Waals surface area contributed by atoms with E-state index in [0.29, 0.717) is 24.5 Å². The molecule has 8 nitrogen and oxygen atoms in total. The molecule has 0 aliphatic carbocycles. The van der Waals surface area contributed by atoms with E-state index in [2.05, 4.69) is 5.32 Å². The molecule has 166 valence electrons. The van der Waals surface area contributed by atoms with Gasteiger partial charge in [0, 0.05) is 18.8 Å². The number of nitrogens with zero attached hydrogens (tertiary/aromatic N) is 1. The quantitative estimate of drug-likeness (QED) is 0.684. The van der Waals surface area contributed by atoms with Crippen LogP contribution in [0.3, 0.4) is 0 Å². The van der Waals surface area contributed by atoms with Crippen molar-refractivity contribution in [2.24, 2.45) is 0 Å². The summed E-state index contributed by atoms with van der Waals surface area (Å²) in [7, 11) is -3.76. The van der Waals surface area contributed by atoms with E-state index >= 15 is 0 Å². The molecule has 1 saturated heterocycles. The number of nitrogens with one attached hydrogen (secondary N) is 1. The Bertz CT molecular complexity index is 1060. The van der Waals surface area contributed by atoms with Crippen LogP contribution in [0.4, 0.5) is 5.69 Å². The Morgan fingerprint density at radius 2 is 1.71 bits per heavy atom. The Morgan fingerprint density at radius 3 is 2.35 bits per heavy atom. The van der Waals surface area contributed by atoms with E-state index in [1.807, 2.05) is 19.1 Å². The van der Waals surface area contributed by atoms with Crippen LogP contribution in [0.2, 0.25) is 0 Å². The highest BCUT2D eigenvalue weighted by Gasteiger charge is 2.28. The number of anilines is 1. The highest BCUT2D eigenvalue weighted by Crippen LogP contribution is 2.21. The van der Waals surface area contributed by atoms with E-state index in [1.165, 1.54) is 23.4 Å². The highest BCUT2D eigenvalue weighted by molar-refractivity contribution is 7.89. The summed E-state index contributed by atoms with van der Waals surface area (Å²) >= 11 is 0. The summed E-state index contributed by atoms with van der Waals surface area (Å²) < 4.78 is 37.6. The van der Waals surface area contributed by atoms with E-state index < -0.39 is 28.0 Å². The average molecular weight is 447 g/mol. The molecular weight excluding hydrogens is 420 g/mol. The Balaban J connectivity index is 1.72. The number of sulfonamides is 1. The second kappa shape index (κ2) is 9.59. The summed E-state index contributed by atoms with van der Waals surface area (Å²) in [6, 6.07) is 11.5. The van der Waals surface area contributed by atoms with Gasteiger partial charge in [0.2, 0.25) is 10.0 Å². The number of esters is 1. The summed E-state index contributed by atoms with van der Waals surface area (Å²) in [5.41, 5.74) is 2.30. The minimum absolute atomic E-state index is 0.00344. The summed E-state index contributed by atoms with van der Waals surface area (Å²) in [6.45, 7) is 6.25. The van der Waals surface area contributed by atoms with Crippen molar-refractivity contribution in [2.45, 2.75) is 31.8 Å². The zero-order valence-corrected chi connectivity index (χ0v) is 18.6. The third kappa shape index (κ3) is 5.49. The molecule has 31 heavy (non-hydrogen) atoms. The van der Waals surface area contributed by atoms with E-state index in [9.17, 15) is 18.0 Å². The minimum atomic E-state index is -3.76. The lowest BCUT2D eigenvalue weighted by Crippen LogP contribution is -2.40. The van der Waals surface area contributed by atoms with Crippen LogP contribution in [0.5, 0.6) is 0 Å². The van der Waals surface area contributed by atoms with Crippen LogP contribution in [-0.2, 0) is 24.3 Å². The van der Waals surface area contributed by atoms with Crippen molar-refractivity contribution >= 4 is 27.6 Å². The zero-order valence-electron chi connectivity index (χ0n) is 17.8. The molecule has 1 aliphatic rings. The largest absolute Gasteiger partial charge is 0.449 e. The van der Waals surface area contributed by atoms with E-state index in [4.69, 9.17) is 9.47 Å². The summed E-state index contributed by atoms with van der Waals surface area (Å²) in [4.78, 5) is 25.1. The molecule has 0 aromatic heterocycles. The van der Waals surface area contributed by atoms with Crippen LogP contribution >= 0.6 is 0 Å². The zero-order chi connectivity index (χ0) is 22.6. The fraction of sp³-hybridized carbons (Fsp3) is 0.364. The summed E-state index contributed by atoms with van der Waals surface area (Å²) in [5.74, 6) is -1.24. The van der Waals surface area contributed by atoms with Crippen molar-refractivity contribution in [1.29, 1.82) is 0 Å². The predicted octanol–water partition coefficient (Wildman–Crippen LogP) is 2.51. The van der Waals surface area contributed by atoms with Gasteiger partial charge in [-0.25, -0.2) is 13.2 Å². The molecule has 0 unspecified atom stereocenters. The number of rotatable bonds is 6. The van der Waals surface area contributed by atoms with Gasteiger partial charge in [0.05, 0.1) is 23.7 Å². The Labute approximate surface area is 182 Å². The Morgan fingerprint density at radius 1 is 1.06 bits per heavy atom. The van der Waals surface area contributed by atoms with Crippen LogP contribution in [0, 0.1) is 13.8 Å². The number of ether oxygens (including phenoxy) is 2. The fourth-order valence-electron chi connectivity index (χ4n) is 3.08. The first-order valence-electron chi connectivity index (χ1n) is 9.95. The van der Waals surface area contributed by atoms with Gasteiger partial charge in [-0.15, -0.1) is 0 Å². The van der Waals surface area contributed by atoms with Crippen molar-refractivity contribution in [2.75, 3.05) is 31.6 Å². The highest BCUT2D eigenvalue weighted by atomic mass is 32.2. The number of aryl methyl sites for hydroxylation is 2. The first-order chi connectivity index (χ1) is 14.7. The van der Waals surface area contributed by atoms with Crippen LogP contribution in [0.25, 0.3) is 0 Å². The van der Waals surface area contributed by atoms with Crippen molar-refractivity contribution in [3.63, 3.8) is 0 Å². The van der Waals surface area contributed by atoms with Crippen molar-refractivity contribution < 1.29 is 27.5 Å². The topological polar surface area (TPSA) is 102 Å². The van der Waals surface area contributed by atoms with Crippen LogP contribution in [-0.4, -0.2) is 57.0 Å². The fourth-order valence-corrected chi connectivity index (χ4v) is 4.51. The molecule has 1 heterocycles. The van der Waals surface area contributed by atoms with Gasteiger partial charge in [-0.05, 0) is 50.6 Å². The molecular formula is C22H26N2O6S. The first kappa shape index (κ1) is 22.9. The molecule has 9 heteroatoms. The standard InChI is InChI=1S/C22H26N2O6S/c1-15-4-7-18(8-5-15)23-21(25)17(3)30-22(26)20-14-19(9-6-16(20)2)31(27,28)24-10-12-29-13-11-24/h4-9,14,17H,10-13H2,1-3H3,(H,23,25)/t17-/m0/s1. The van der Waals surface area contributed by atoms with Gasteiger partial charge in [-0.1, -0.05) is 23.8 Å². The van der Waals surface area contributed by atoms with Crippen LogP contribution in [0.1, 0.15) is 28.4 Å². The van der Waals surface area contributed by atoms with Gasteiger partial charge >= 0.3 is 5.97 Å². The summed E-state index contributed by atoms with van der Waals surface area (Å²) in [6.07, 6.45) is -1.06. The smallest absolute Gasteiger partial charge is 0.339 e. The Hall–Kier alpha value is -2.75. The number of hydrogen-bond acceptors (Lipinski definition) is 6. The number of hydrogen-bond donors (Lipinski definition) is 1. The molecule has 1 N–H and O–H groups in total. The van der Waals surface area contributed by atoms with Gasteiger partial charge in [-0.3, -0.25) is 4.79 Å². The predicted molar refractivity (Wildman–Crippen MR) is 115 cm³/mol. The number of carbonyl (C=O) groups is 2. The van der Waals surface area contributed by atoms with Gasteiger partial charge in [-0.2, -0.15) is 4.31 Å². The van der Waals surface area contributed by atoms with Crippen LogP contribution < -0.4 is 5.32 Å². The molecule has 1 fully saturated rings. The third-order valence-corrected chi connectivity index (χ3v) is 6.90. The van der Waals surface area contributed by atoms with Gasteiger partial charge in [0.15, 0.2) is 6.10 Å². The lowest BCUT2D eigenvalue weighted by molar-refractivity contribution is -0.123. The second-order valence-corrected chi connectivity index (χ2v) is 9.33. The molecule has 3 rings (SSSR count). The number of benzene rings is 2. The molecule has 2 aromatic carbocycles. The molecule has 0 bridgehead atoms. The molecule has 2 aromatic rings. The monoisotopic (exact) mass is 446 g/mol. The maximum absolute atomic E-state index is 12.9. The number of amides is 1. The minimum Gasteiger partial charge on any atom is -0.449 e. The Kier molecular flexibility index (Phi) is 7.09.